The number of halogens is 3. The first kappa shape index (κ1) is 20.6. The molecule has 144 valence electrons. The molecule has 1 heterocycles. The molecule has 0 radical (unpaired) electrons. The van der Waals surface area contributed by atoms with Crippen LogP contribution in [0.2, 0.25) is 0 Å². The number of hydrogen-bond acceptors (Lipinski definition) is 3. The fourth-order valence-electron chi connectivity index (χ4n) is 2.81. The normalized spacial score (nSPS) is 23.0. The van der Waals surface area contributed by atoms with Gasteiger partial charge in [0.2, 0.25) is 5.91 Å². The lowest BCUT2D eigenvalue weighted by molar-refractivity contribution is -0.125. The van der Waals surface area contributed by atoms with Crippen molar-refractivity contribution in [3.05, 3.63) is 34.1 Å². The second-order valence-corrected chi connectivity index (χ2v) is 8.65. The molecule has 0 bridgehead atoms. The molecular formula is C18H23BrF2N2O3. The summed E-state index contributed by atoms with van der Waals surface area (Å²) in [7, 11) is 0. The second kappa shape index (κ2) is 7.50. The van der Waals surface area contributed by atoms with Crippen LogP contribution >= 0.6 is 15.9 Å². The summed E-state index contributed by atoms with van der Waals surface area (Å²) < 4.78 is 33.7. The van der Waals surface area contributed by atoms with E-state index >= 15 is 0 Å². The highest BCUT2D eigenvalue weighted by molar-refractivity contribution is 9.10. The van der Waals surface area contributed by atoms with Gasteiger partial charge in [-0.2, -0.15) is 0 Å². The quantitative estimate of drug-likeness (QED) is 0.786. The second-order valence-electron chi connectivity index (χ2n) is 7.74. The molecule has 2 rings (SSSR count). The van der Waals surface area contributed by atoms with E-state index in [2.05, 4.69) is 21.2 Å². The lowest BCUT2D eigenvalue weighted by Gasteiger charge is -2.28. The van der Waals surface area contributed by atoms with Crippen LogP contribution in [0.5, 0.6) is 0 Å². The van der Waals surface area contributed by atoms with Crippen molar-refractivity contribution < 1.29 is 23.1 Å². The predicted molar refractivity (Wildman–Crippen MR) is 96.8 cm³/mol. The lowest BCUT2D eigenvalue weighted by Crippen LogP contribution is -2.47. The Morgan fingerprint density at radius 1 is 1.38 bits per heavy atom. The monoisotopic (exact) mass is 432 g/mol. The molecule has 2 unspecified atom stereocenters. The van der Waals surface area contributed by atoms with E-state index in [-0.39, 0.29) is 19.5 Å². The van der Waals surface area contributed by atoms with Gasteiger partial charge in [0.1, 0.15) is 23.1 Å². The maximum atomic E-state index is 14.4. The molecule has 2 atom stereocenters. The van der Waals surface area contributed by atoms with Crippen LogP contribution in [0.25, 0.3) is 0 Å². The van der Waals surface area contributed by atoms with E-state index in [1.807, 2.05) is 0 Å². The zero-order chi connectivity index (χ0) is 19.7. The van der Waals surface area contributed by atoms with Crippen molar-refractivity contribution in [3.8, 4) is 0 Å². The SMILES string of the molecule is CC1(F)CC(C(=O)NCc2cc(F)cc(Br)c2)N(C(=O)OC(C)(C)C)C1. The van der Waals surface area contributed by atoms with Crippen LogP contribution in [0.3, 0.4) is 0 Å². The van der Waals surface area contributed by atoms with E-state index < -0.39 is 35.1 Å². The summed E-state index contributed by atoms with van der Waals surface area (Å²) in [5.41, 5.74) is -1.88. The third kappa shape index (κ3) is 5.65. The molecule has 0 aromatic heterocycles. The number of amides is 2. The minimum atomic E-state index is -1.68. The molecule has 1 aliphatic rings. The van der Waals surface area contributed by atoms with Crippen LogP contribution in [0.15, 0.2) is 22.7 Å². The van der Waals surface area contributed by atoms with E-state index in [1.165, 1.54) is 19.1 Å². The Morgan fingerprint density at radius 3 is 2.62 bits per heavy atom. The highest BCUT2D eigenvalue weighted by atomic mass is 79.9. The number of carbonyl (C=O) groups is 2. The summed E-state index contributed by atoms with van der Waals surface area (Å²) in [6.45, 7) is 6.30. The zero-order valence-corrected chi connectivity index (χ0v) is 16.8. The standard InChI is InChI=1S/C18H23BrF2N2O3/c1-17(2,3)26-16(25)23-10-18(4,21)8-14(23)15(24)22-9-11-5-12(19)7-13(20)6-11/h5-7,14H,8-10H2,1-4H3,(H,22,24). The van der Waals surface area contributed by atoms with Crippen LogP contribution in [0.1, 0.15) is 39.7 Å². The number of nitrogens with one attached hydrogen (secondary N) is 1. The first-order chi connectivity index (χ1) is 11.9. The van der Waals surface area contributed by atoms with Crippen LogP contribution in [-0.2, 0) is 16.1 Å². The van der Waals surface area contributed by atoms with E-state index in [0.29, 0.717) is 10.0 Å². The van der Waals surface area contributed by atoms with Crippen LogP contribution in [0, 0.1) is 5.82 Å². The molecule has 0 spiro atoms. The molecule has 26 heavy (non-hydrogen) atoms. The van der Waals surface area contributed by atoms with Gasteiger partial charge in [0.15, 0.2) is 0 Å². The Hall–Kier alpha value is -1.70. The molecule has 1 aromatic carbocycles. The smallest absolute Gasteiger partial charge is 0.411 e. The minimum Gasteiger partial charge on any atom is -0.444 e. The highest BCUT2D eigenvalue weighted by Crippen LogP contribution is 2.31. The Labute approximate surface area is 160 Å². The fraction of sp³-hybridized carbons (Fsp3) is 0.556. The number of likely N-dealkylation sites (tertiary alicyclic amines) is 1. The molecule has 1 aromatic rings. The van der Waals surface area contributed by atoms with Gasteiger partial charge in [-0.15, -0.1) is 0 Å². The number of benzene rings is 1. The van der Waals surface area contributed by atoms with Crippen molar-refractivity contribution in [2.24, 2.45) is 0 Å². The molecule has 5 nitrogen and oxygen atoms in total. The molecule has 1 fully saturated rings. The number of ether oxygens (including phenoxy) is 1. The molecule has 1 N–H and O–H groups in total. The van der Waals surface area contributed by atoms with Crippen LogP contribution < -0.4 is 5.32 Å². The van der Waals surface area contributed by atoms with Gasteiger partial charge in [0, 0.05) is 17.4 Å². The van der Waals surface area contributed by atoms with Crippen molar-refractivity contribution >= 4 is 27.9 Å². The third-order valence-corrected chi connectivity index (χ3v) is 4.27. The Bertz CT molecular complexity index is 684. The maximum absolute atomic E-state index is 14.4. The molecule has 8 heteroatoms. The van der Waals surface area contributed by atoms with Crippen molar-refractivity contribution in [3.63, 3.8) is 0 Å². The van der Waals surface area contributed by atoms with E-state index in [9.17, 15) is 18.4 Å². The average molecular weight is 433 g/mol. The summed E-state index contributed by atoms with van der Waals surface area (Å²) in [4.78, 5) is 26.0. The molecule has 0 saturated carbocycles. The lowest BCUT2D eigenvalue weighted by atomic mass is 10.0. The van der Waals surface area contributed by atoms with Crippen molar-refractivity contribution in [2.45, 2.75) is 58.0 Å². The Morgan fingerprint density at radius 2 is 2.04 bits per heavy atom. The number of carbonyl (C=O) groups excluding carboxylic acids is 2. The number of alkyl halides is 1. The van der Waals surface area contributed by atoms with Gasteiger partial charge in [-0.3, -0.25) is 9.69 Å². The maximum Gasteiger partial charge on any atom is 0.411 e. The van der Waals surface area contributed by atoms with Crippen LogP contribution in [-0.4, -0.2) is 40.8 Å². The molecular weight excluding hydrogens is 410 g/mol. The number of rotatable bonds is 3. The summed E-state index contributed by atoms with van der Waals surface area (Å²) >= 11 is 3.19. The minimum absolute atomic E-state index is 0.0663. The van der Waals surface area contributed by atoms with Gasteiger partial charge in [-0.1, -0.05) is 15.9 Å². The van der Waals surface area contributed by atoms with Crippen LogP contribution in [0.4, 0.5) is 13.6 Å². The number of nitrogens with zero attached hydrogens (tertiary/aromatic N) is 1. The third-order valence-electron chi connectivity index (χ3n) is 3.81. The first-order valence-electron chi connectivity index (χ1n) is 8.27. The van der Waals surface area contributed by atoms with Gasteiger partial charge in [0.25, 0.3) is 0 Å². The first-order valence-corrected chi connectivity index (χ1v) is 9.07. The Kier molecular flexibility index (Phi) is 5.95. The van der Waals surface area contributed by atoms with Crippen molar-refractivity contribution in [1.82, 2.24) is 10.2 Å². The van der Waals surface area contributed by atoms with E-state index in [4.69, 9.17) is 4.74 Å². The van der Waals surface area contributed by atoms with Gasteiger partial charge < -0.3 is 10.1 Å². The summed E-state index contributed by atoms with van der Waals surface area (Å²) in [6, 6.07) is 3.30. The van der Waals surface area contributed by atoms with Crippen molar-refractivity contribution in [1.29, 1.82) is 0 Å². The summed E-state index contributed by atoms with van der Waals surface area (Å²) in [6.07, 6.45) is -0.849. The zero-order valence-electron chi connectivity index (χ0n) is 15.2. The molecule has 1 aliphatic heterocycles. The molecule has 1 saturated heterocycles. The van der Waals surface area contributed by atoms with E-state index in [1.54, 1.807) is 26.8 Å². The molecule has 0 aliphatic carbocycles. The van der Waals surface area contributed by atoms with Gasteiger partial charge in [-0.25, -0.2) is 13.6 Å². The summed E-state index contributed by atoms with van der Waals surface area (Å²) in [5.74, 6) is -0.936. The molecule has 2 amide bonds. The van der Waals surface area contributed by atoms with Crippen molar-refractivity contribution in [2.75, 3.05) is 6.54 Å². The number of hydrogen-bond donors (Lipinski definition) is 1. The van der Waals surface area contributed by atoms with Gasteiger partial charge in [-0.05, 0) is 51.5 Å². The Balaban J connectivity index is 2.07. The van der Waals surface area contributed by atoms with Gasteiger partial charge in [0.05, 0.1) is 6.54 Å². The largest absolute Gasteiger partial charge is 0.444 e. The summed E-state index contributed by atoms with van der Waals surface area (Å²) in [5, 5.41) is 2.64. The topological polar surface area (TPSA) is 58.6 Å². The van der Waals surface area contributed by atoms with E-state index in [0.717, 1.165) is 4.90 Å². The fourth-order valence-corrected chi connectivity index (χ4v) is 3.32. The predicted octanol–water partition coefficient (Wildman–Crippen LogP) is 3.94. The van der Waals surface area contributed by atoms with Gasteiger partial charge >= 0.3 is 6.09 Å². The average Bonchev–Trinajstić information content (AvgIpc) is 2.78. The highest BCUT2D eigenvalue weighted by Gasteiger charge is 2.47.